The van der Waals surface area contributed by atoms with Crippen molar-refractivity contribution in [3.8, 4) is 0 Å². The standard InChI is InChI=1S/C30H42/c1-23(2)11-7-5-9-13-25-15-17-27-22-30-20-26(14-10-6-8-12-24(3)4)16-18-28(30)21-29(27)19-25/h15-24H,5-14H2,1-4H3. The van der Waals surface area contributed by atoms with Gasteiger partial charge in [-0.15, -0.1) is 0 Å². The summed E-state index contributed by atoms with van der Waals surface area (Å²) < 4.78 is 0. The van der Waals surface area contributed by atoms with Gasteiger partial charge in [-0.2, -0.15) is 0 Å². The van der Waals surface area contributed by atoms with Gasteiger partial charge in [0.15, 0.2) is 0 Å². The fourth-order valence-corrected chi connectivity index (χ4v) is 4.52. The highest BCUT2D eigenvalue weighted by molar-refractivity contribution is 5.98. The first-order valence-electron chi connectivity index (χ1n) is 12.5. The molecule has 3 aromatic rings. The first-order chi connectivity index (χ1) is 14.5. The summed E-state index contributed by atoms with van der Waals surface area (Å²) in [5.41, 5.74) is 2.98. The van der Waals surface area contributed by atoms with Gasteiger partial charge in [0, 0.05) is 0 Å². The number of hydrogen-bond acceptors (Lipinski definition) is 0. The van der Waals surface area contributed by atoms with Crippen molar-refractivity contribution in [3.05, 3.63) is 59.7 Å². The highest BCUT2D eigenvalue weighted by Gasteiger charge is 2.03. The van der Waals surface area contributed by atoms with Crippen molar-refractivity contribution in [2.24, 2.45) is 11.8 Å². The molecular formula is C30H42. The second-order valence-electron chi connectivity index (χ2n) is 10.2. The minimum absolute atomic E-state index is 0.837. The van der Waals surface area contributed by atoms with E-state index in [0.717, 1.165) is 11.8 Å². The van der Waals surface area contributed by atoms with Crippen LogP contribution < -0.4 is 0 Å². The Balaban J connectivity index is 1.60. The molecule has 162 valence electrons. The lowest BCUT2D eigenvalue weighted by Gasteiger charge is -2.09. The van der Waals surface area contributed by atoms with E-state index in [2.05, 4.69) is 76.2 Å². The van der Waals surface area contributed by atoms with E-state index in [-0.39, 0.29) is 0 Å². The van der Waals surface area contributed by atoms with Crippen molar-refractivity contribution < 1.29 is 0 Å². The van der Waals surface area contributed by atoms with Gasteiger partial charge in [0.05, 0.1) is 0 Å². The summed E-state index contributed by atoms with van der Waals surface area (Å²) in [5.74, 6) is 1.67. The van der Waals surface area contributed by atoms with Crippen molar-refractivity contribution >= 4 is 21.5 Å². The van der Waals surface area contributed by atoms with E-state index in [4.69, 9.17) is 0 Å². The van der Waals surface area contributed by atoms with E-state index in [1.165, 1.54) is 96.9 Å². The molecular weight excluding hydrogens is 360 g/mol. The summed E-state index contributed by atoms with van der Waals surface area (Å²) in [7, 11) is 0. The lowest BCUT2D eigenvalue weighted by Crippen LogP contribution is -1.90. The predicted molar refractivity (Wildman–Crippen MR) is 135 cm³/mol. The summed E-state index contributed by atoms with van der Waals surface area (Å²) in [5, 5.41) is 5.53. The summed E-state index contributed by atoms with van der Waals surface area (Å²) in [6.45, 7) is 9.30. The maximum atomic E-state index is 2.42. The van der Waals surface area contributed by atoms with E-state index < -0.39 is 0 Å². The minimum Gasteiger partial charge on any atom is -0.0628 e. The molecule has 0 heteroatoms. The third-order valence-corrected chi connectivity index (χ3v) is 6.42. The fourth-order valence-electron chi connectivity index (χ4n) is 4.52. The molecule has 0 aliphatic rings. The van der Waals surface area contributed by atoms with E-state index >= 15 is 0 Å². The zero-order valence-electron chi connectivity index (χ0n) is 19.8. The van der Waals surface area contributed by atoms with Gasteiger partial charge in [0.25, 0.3) is 0 Å². The van der Waals surface area contributed by atoms with Gasteiger partial charge < -0.3 is 0 Å². The maximum Gasteiger partial charge on any atom is -0.0175 e. The third kappa shape index (κ3) is 7.15. The van der Waals surface area contributed by atoms with Crippen LogP contribution in [0.5, 0.6) is 0 Å². The zero-order chi connectivity index (χ0) is 21.3. The predicted octanol–water partition coefficient (Wildman–Crippen LogP) is 9.51. The molecule has 0 nitrogen and oxygen atoms in total. The fraction of sp³-hybridized carbons (Fsp3) is 0.533. The molecule has 0 fully saturated rings. The molecule has 0 saturated carbocycles. The summed E-state index contributed by atoms with van der Waals surface area (Å²) in [6.07, 6.45) is 13.2. The van der Waals surface area contributed by atoms with Crippen LogP contribution in [0.3, 0.4) is 0 Å². The van der Waals surface area contributed by atoms with E-state index in [1.807, 2.05) is 0 Å². The van der Waals surface area contributed by atoms with E-state index in [0.29, 0.717) is 0 Å². The van der Waals surface area contributed by atoms with Gasteiger partial charge in [0.1, 0.15) is 0 Å². The number of fused-ring (bicyclic) bond motifs is 2. The van der Waals surface area contributed by atoms with Crippen LogP contribution in [-0.4, -0.2) is 0 Å². The van der Waals surface area contributed by atoms with Crippen molar-refractivity contribution in [2.45, 2.75) is 91.9 Å². The third-order valence-electron chi connectivity index (χ3n) is 6.42. The zero-order valence-corrected chi connectivity index (χ0v) is 19.8. The SMILES string of the molecule is CC(C)CCCCCc1ccc2cc3cc(CCCCCC(C)C)ccc3cc2c1. The normalized spacial score (nSPS) is 11.9. The van der Waals surface area contributed by atoms with Crippen LogP contribution in [0.25, 0.3) is 21.5 Å². The molecule has 0 aromatic heterocycles. The first-order valence-corrected chi connectivity index (χ1v) is 12.5. The lowest BCUT2D eigenvalue weighted by atomic mass is 9.96. The number of unbranched alkanes of at least 4 members (excludes halogenated alkanes) is 4. The molecule has 0 aliphatic heterocycles. The van der Waals surface area contributed by atoms with Gasteiger partial charge in [-0.3, -0.25) is 0 Å². The van der Waals surface area contributed by atoms with Crippen LogP contribution in [0.2, 0.25) is 0 Å². The molecule has 0 atom stereocenters. The Kier molecular flexibility index (Phi) is 8.79. The molecule has 0 spiro atoms. The highest BCUT2D eigenvalue weighted by Crippen LogP contribution is 2.26. The Morgan fingerprint density at radius 2 is 0.900 bits per heavy atom. The number of aryl methyl sites for hydroxylation is 2. The molecule has 0 heterocycles. The molecule has 0 amide bonds. The van der Waals surface area contributed by atoms with Crippen LogP contribution >= 0.6 is 0 Å². The summed E-state index contributed by atoms with van der Waals surface area (Å²) in [6, 6.07) is 19.0. The average Bonchev–Trinajstić information content (AvgIpc) is 2.71. The quantitative estimate of drug-likeness (QED) is 0.209. The van der Waals surface area contributed by atoms with E-state index in [1.54, 1.807) is 0 Å². The summed E-state index contributed by atoms with van der Waals surface area (Å²) >= 11 is 0. The molecule has 0 bridgehead atoms. The maximum absolute atomic E-state index is 2.42. The van der Waals surface area contributed by atoms with Crippen molar-refractivity contribution in [1.29, 1.82) is 0 Å². The molecule has 3 aromatic carbocycles. The van der Waals surface area contributed by atoms with Crippen LogP contribution in [0.1, 0.15) is 90.2 Å². The van der Waals surface area contributed by atoms with Crippen molar-refractivity contribution in [2.75, 3.05) is 0 Å². The van der Waals surface area contributed by atoms with Gasteiger partial charge in [-0.25, -0.2) is 0 Å². The van der Waals surface area contributed by atoms with Crippen molar-refractivity contribution in [3.63, 3.8) is 0 Å². The van der Waals surface area contributed by atoms with Crippen LogP contribution in [0.15, 0.2) is 48.5 Å². The number of benzene rings is 3. The van der Waals surface area contributed by atoms with E-state index in [9.17, 15) is 0 Å². The second-order valence-corrected chi connectivity index (χ2v) is 10.2. The Morgan fingerprint density at radius 3 is 1.30 bits per heavy atom. The largest absolute Gasteiger partial charge is 0.0628 e. The Hall–Kier alpha value is -1.82. The molecule has 0 aliphatic carbocycles. The van der Waals surface area contributed by atoms with Gasteiger partial charge in [0.2, 0.25) is 0 Å². The molecule has 0 radical (unpaired) electrons. The van der Waals surface area contributed by atoms with Gasteiger partial charge in [-0.1, -0.05) is 103 Å². The average molecular weight is 403 g/mol. The number of hydrogen-bond donors (Lipinski definition) is 0. The topological polar surface area (TPSA) is 0 Å². The van der Waals surface area contributed by atoms with Crippen LogP contribution in [0, 0.1) is 11.8 Å². The smallest absolute Gasteiger partial charge is 0.0175 e. The Bertz CT molecular complexity index is 838. The van der Waals surface area contributed by atoms with Gasteiger partial charge in [-0.05, 0) is 82.3 Å². The van der Waals surface area contributed by atoms with Gasteiger partial charge >= 0.3 is 0 Å². The molecule has 0 N–H and O–H groups in total. The number of rotatable bonds is 12. The molecule has 3 rings (SSSR count). The van der Waals surface area contributed by atoms with Crippen molar-refractivity contribution in [1.82, 2.24) is 0 Å². The lowest BCUT2D eigenvalue weighted by molar-refractivity contribution is 0.527. The minimum atomic E-state index is 0.837. The summed E-state index contributed by atoms with van der Waals surface area (Å²) in [4.78, 5) is 0. The molecule has 0 unspecified atom stereocenters. The Morgan fingerprint density at radius 1 is 0.467 bits per heavy atom. The first kappa shape index (κ1) is 22.9. The molecule has 0 saturated heterocycles. The van der Waals surface area contributed by atoms with Crippen LogP contribution in [-0.2, 0) is 12.8 Å². The highest BCUT2D eigenvalue weighted by atomic mass is 14.1. The monoisotopic (exact) mass is 402 g/mol. The second kappa shape index (κ2) is 11.5. The molecule has 30 heavy (non-hydrogen) atoms. The Labute approximate surface area is 185 Å². The van der Waals surface area contributed by atoms with Crippen LogP contribution in [0.4, 0.5) is 0 Å².